The van der Waals surface area contributed by atoms with Crippen molar-refractivity contribution in [2.75, 3.05) is 0 Å². The van der Waals surface area contributed by atoms with Gasteiger partial charge in [0, 0.05) is 0 Å². The summed E-state index contributed by atoms with van der Waals surface area (Å²) in [6, 6.07) is 0. The molecule has 5 fully saturated rings. The van der Waals surface area contributed by atoms with Gasteiger partial charge in [0.1, 0.15) is 0 Å². The van der Waals surface area contributed by atoms with Crippen molar-refractivity contribution in [3.05, 3.63) is 0 Å². The predicted molar refractivity (Wildman–Crippen MR) is 147 cm³/mol. The van der Waals surface area contributed by atoms with E-state index in [1.54, 1.807) is 44.9 Å². The van der Waals surface area contributed by atoms with Gasteiger partial charge in [-0.2, -0.15) is 0 Å². The van der Waals surface area contributed by atoms with Crippen LogP contribution in [0.3, 0.4) is 0 Å². The predicted octanol–water partition coefficient (Wildman–Crippen LogP) is 10.9. The topological polar surface area (TPSA) is 0 Å². The first-order chi connectivity index (χ1) is 15.7. The molecule has 0 amide bonds. The van der Waals surface area contributed by atoms with Crippen molar-refractivity contribution in [1.29, 1.82) is 0 Å². The molecule has 0 nitrogen and oxygen atoms in total. The normalized spacial score (nSPS) is 46.9. The molecular formula is C32H64. The van der Waals surface area contributed by atoms with E-state index in [1.807, 2.05) is 55.4 Å². The van der Waals surface area contributed by atoms with Crippen molar-refractivity contribution >= 4 is 0 Å². The highest BCUT2D eigenvalue weighted by molar-refractivity contribution is 5.21. The molecule has 0 aromatic carbocycles. The van der Waals surface area contributed by atoms with Gasteiger partial charge < -0.3 is 0 Å². The van der Waals surface area contributed by atoms with Crippen molar-refractivity contribution in [3.8, 4) is 0 Å². The van der Waals surface area contributed by atoms with E-state index >= 15 is 0 Å². The molecule has 0 aromatic rings. The third kappa shape index (κ3) is 4.37. The SMILES string of the molecule is CC.CC.CC.CC.CCC1C2CCCC3CC4CCCC5C(CC)C(C)C(C1C)(C32)C45. The van der Waals surface area contributed by atoms with Gasteiger partial charge in [0.2, 0.25) is 0 Å². The smallest absolute Gasteiger partial charge is 0.0173 e. The first-order valence-electron chi connectivity index (χ1n) is 15.7. The van der Waals surface area contributed by atoms with E-state index in [2.05, 4.69) is 27.7 Å². The monoisotopic (exact) mass is 449 g/mol. The van der Waals surface area contributed by atoms with E-state index in [9.17, 15) is 0 Å². The Morgan fingerprint density at radius 3 is 1.22 bits per heavy atom. The van der Waals surface area contributed by atoms with Crippen molar-refractivity contribution in [1.82, 2.24) is 0 Å². The van der Waals surface area contributed by atoms with Gasteiger partial charge in [-0.1, -0.05) is 122 Å². The summed E-state index contributed by atoms with van der Waals surface area (Å²) in [6.45, 7) is 26.5. The molecule has 0 N–H and O–H groups in total. The molecular weight excluding hydrogens is 384 g/mol. The molecule has 0 bridgehead atoms. The van der Waals surface area contributed by atoms with E-state index in [0.717, 1.165) is 64.6 Å². The Kier molecular flexibility index (Phi) is 12.9. The highest BCUT2D eigenvalue weighted by Gasteiger charge is 2.73. The second-order valence-electron chi connectivity index (χ2n) is 10.7. The van der Waals surface area contributed by atoms with Crippen molar-refractivity contribution in [2.24, 2.45) is 64.6 Å². The standard InChI is InChI=1S/C24H40.4C2H6/c1-5-18-14(3)24-15(4)19(6-2)21-12-8-10-17(23(21)24)13-16-9-7-11-20(18)22(16)24;4*1-2/h14-23H,5-13H2,1-4H3;4*1-2H3. The van der Waals surface area contributed by atoms with Gasteiger partial charge in [0.25, 0.3) is 0 Å². The van der Waals surface area contributed by atoms with Crippen LogP contribution in [-0.4, -0.2) is 0 Å². The molecule has 5 aliphatic rings. The third-order valence-corrected chi connectivity index (χ3v) is 10.8. The summed E-state index contributed by atoms with van der Waals surface area (Å²) in [4.78, 5) is 0. The van der Waals surface area contributed by atoms with E-state index in [4.69, 9.17) is 0 Å². The highest BCUT2D eigenvalue weighted by atomic mass is 14.8. The van der Waals surface area contributed by atoms with Crippen LogP contribution in [0.2, 0.25) is 0 Å². The Morgan fingerprint density at radius 2 is 0.906 bits per heavy atom. The molecule has 1 spiro atoms. The lowest BCUT2D eigenvalue weighted by Gasteiger charge is -2.59. The summed E-state index contributed by atoms with van der Waals surface area (Å²) in [5.74, 6) is 10.8. The summed E-state index contributed by atoms with van der Waals surface area (Å²) in [6.07, 6.45) is 14.0. The van der Waals surface area contributed by atoms with Crippen molar-refractivity contribution in [3.63, 3.8) is 0 Å². The molecule has 5 saturated carbocycles. The van der Waals surface area contributed by atoms with Crippen LogP contribution in [0.25, 0.3) is 0 Å². The van der Waals surface area contributed by atoms with Gasteiger partial charge in [0.05, 0.1) is 0 Å². The van der Waals surface area contributed by atoms with Crippen LogP contribution >= 0.6 is 0 Å². The van der Waals surface area contributed by atoms with Gasteiger partial charge in [-0.25, -0.2) is 0 Å². The summed E-state index contributed by atoms with van der Waals surface area (Å²) in [7, 11) is 0. The Labute approximate surface area is 205 Å². The number of rotatable bonds is 2. The molecule has 5 aliphatic carbocycles. The van der Waals surface area contributed by atoms with Crippen LogP contribution in [0.1, 0.15) is 141 Å². The second-order valence-corrected chi connectivity index (χ2v) is 10.7. The lowest BCUT2D eigenvalue weighted by molar-refractivity contribution is -0.108. The fourth-order valence-electron chi connectivity index (χ4n) is 10.7. The zero-order valence-corrected chi connectivity index (χ0v) is 24.6. The Hall–Kier alpha value is 0. The van der Waals surface area contributed by atoms with Crippen LogP contribution in [0.4, 0.5) is 0 Å². The average Bonchev–Trinajstić information content (AvgIpc) is 3.29. The minimum Gasteiger partial charge on any atom is -0.0683 e. The Bertz CT molecular complexity index is 448. The second kappa shape index (κ2) is 13.8. The zero-order chi connectivity index (χ0) is 24.6. The fraction of sp³-hybridized carbons (Fsp3) is 1.00. The van der Waals surface area contributed by atoms with E-state index in [0.29, 0.717) is 0 Å². The van der Waals surface area contributed by atoms with E-state index in [1.165, 1.54) is 12.8 Å². The van der Waals surface area contributed by atoms with Gasteiger partial charge in [-0.3, -0.25) is 0 Å². The number of hydrogen-bond acceptors (Lipinski definition) is 0. The zero-order valence-electron chi connectivity index (χ0n) is 24.6. The largest absolute Gasteiger partial charge is 0.0683 e. The summed E-state index contributed by atoms with van der Waals surface area (Å²) >= 11 is 0. The molecule has 0 saturated heterocycles. The first kappa shape index (κ1) is 30.0. The fourth-order valence-corrected chi connectivity index (χ4v) is 10.7. The van der Waals surface area contributed by atoms with Gasteiger partial charge in [-0.15, -0.1) is 0 Å². The summed E-state index contributed by atoms with van der Waals surface area (Å²) in [5, 5.41) is 0. The molecule has 0 heterocycles. The lowest BCUT2D eigenvalue weighted by Crippen LogP contribution is -2.53. The molecule has 32 heavy (non-hydrogen) atoms. The minimum atomic E-state index is 0.755. The first-order valence-corrected chi connectivity index (χ1v) is 15.7. The minimum absolute atomic E-state index is 0.755. The van der Waals surface area contributed by atoms with Gasteiger partial charge >= 0.3 is 0 Å². The molecule has 10 unspecified atom stereocenters. The van der Waals surface area contributed by atoms with Crippen LogP contribution in [0.15, 0.2) is 0 Å². The van der Waals surface area contributed by atoms with Crippen LogP contribution in [-0.2, 0) is 0 Å². The molecule has 0 heteroatoms. The maximum Gasteiger partial charge on any atom is -0.0173 e. The quantitative estimate of drug-likeness (QED) is 0.394. The van der Waals surface area contributed by atoms with Crippen LogP contribution < -0.4 is 0 Å². The Balaban J connectivity index is 0.000000581. The third-order valence-electron chi connectivity index (χ3n) is 10.8. The molecule has 0 aromatic heterocycles. The number of hydrogen-bond donors (Lipinski definition) is 0. The lowest BCUT2D eigenvalue weighted by atomic mass is 9.46. The maximum atomic E-state index is 2.74. The maximum absolute atomic E-state index is 2.74. The van der Waals surface area contributed by atoms with E-state index in [-0.39, 0.29) is 0 Å². The molecule has 10 atom stereocenters. The molecule has 5 rings (SSSR count). The summed E-state index contributed by atoms with van der Waals surface area (Å²) < 4.78 is 0. The van der Waals surface area contributed by atoms with Gasteiger partial charge in [-0.05, 0) is 83.9 Å². The Morgan fingerprint density at radius 1 is 0.562 bits per heavy atom. The summed E-state index contributed by atoms with van der Waals surface area (Å²) in [5.41, 5.74) is 0.755. The van der Waals surface area contributed by atoms with Crippen molar-refractivity contribution < 1.29 is 0 Å². The molecule has 0 radical (unpaired) electrons. The highest BCUT2D eigenvalue weighted by Crippen LogP contribution is 2.78. The van der Waals surface area contributed by atoms with Gasteiger partial charge in [0.15, 0.2) is 0 Å². The average molecular weight is 449 g/mol. The molecule has 192 valence electrons. The van der Waals surface area contributed by atoms with E-state index < -0.39 is 0 Å². The van der Waals surface area contributed by atoms with Crippen LogP contribution in [0, 0.1) is 64.6 Å². The van der Waals surface area contributed by atoms with Crippen LogP contribution in [0.5, 0.6) is 0 Å². The molecule has 0 aliphatic heterocycles. The van der Waals surface area contributed by atoms with Crippen molar-refractivity contribution in [2.45, 2.75) is 141 Å².